The zero-order chi connectivity index (χ0) is 27.5. The second-order valence-corrected chi connectivity index (χ2v) is 10.5. The third-order valence-electron chi connectivity index (χ3n) is 7.95. The van der Waals surface area contributed by atoms with E-state index in [9.17, 15) is 23.6 Å². The summed E-state index contributed by atoms with van der Waals surface area (Å²) in [6.45, 7) is 4.39. The molecular formula is C30H34FN3O5. The van der Waals surface area contributed by atoms with Crippen LogP contribution < -0.4 is 4.90 Å². The number of imide groups is 1. The van der Waals surface area contributed by atoms with Crippen LogP contribution in [0.25, 0.3) is 0 Å². The van der Waals surface area contributed by atoms with Crippen LogP contribution in [0, 0.1) is 17.7 Å². The molecule has 3 aliphatic heterocycles. The third kappa shape index (κ3) is 5.53. The van der Waals surface area contributed by atoms with Gasteiger partial charge in [0.1, 0.15) is 5.82 Å². The summed E-state index contributed by atoms with van der Waals surface area (Å²) in [5, 5.41) is 0. The third-order valence-corrected chi connectivity index (χ3v) is 7.95. The van der Waals surface area contributed by atoms with Crippen LogP contribution in [0.4, 0.5) is 10.1 Å². The molecule has 39 heavy (non-hydrogen) atoms. The molecule has 5 rings (SSSR count). The van der Waals surface area contributed by atoms with Gasteiger partial charge in [-0.2, -0.15) is 0 Å². The Balaban J connectivity index is 1.29. The van der Waals surface area contributed by atoms with Crippen molar-refractivity contribution in [2.24, 2.45) is 11.8 Å². The van der Waals surface area contributed by atoms with E-state index in [0.717, 1.165) is 25.7 Å². The number of nitrogens with zero attached hydrogens (tertiary/aromatic N) is 3. The number of carbonyl (C=O) groups is 4. The van der Waals surface area contributed by atoms with Gasteiger partial charge in [-0.1, -0.05) is 18.2 Å². The summed E-state index contributed by atoms with van der Waals surface area (Å²) < 4.78 is 18.8. The number of hydrogen-bond acceptors (Lipinski definition) is 6. The Morgan fingerprint density at radius 2 is 1.74 bits per heavy atom. The Morgan fingerprint density at radius 3 is 2.54 bits per heavy atom. The fourth-order valence-corrected chi connectivity index (χ4v) is 6.00. The van der Waals surface area contributed by atoms with E-state index in [1.54, 1.807) is 36.1 Å². The molecule has 0 bridgehead atoms. The molecule has 9 heteroatoms. The van der Waals surface area contributed by atoms with Gasteiger partial charge in [-0.15, -0.1) is 0 Å². The van der Waals surface area contributed by atoms with Crippen LogP contribution in [0.5, 0.6) is 0 Å². The first-order valence-corrected chi connectivity index (χ1v) is 13.8. The minimum atomic E-state index is -0.358. The summed E-state index contributed by atoms with van der Waals surface area (Å²) >= 11 is 0. The topological polar surface area (TPSA) is 87.2 Å². The van der Waals surface area contributed by atoms with Crippen molar-refractivity contribution in [1.82, 2.24) is 9.80 Å². The number of amides is 3. The van der Waals surface area contributed by atoms with E-state index in [2.05, 4.69) is 0 Å². The van der Waals surface area contributed by atoms with Gasteiger partial charge >= 0.3 is 5.97 Å². The van der Waals surface area contributed by atoms with Crippen LogP contribution in [0.1, 0.15) is 58.9 Å². The molecule has 3 amide bonds. The standard InChI is InChI=1S/C30H34FN3O5/c1-2-39-30(38)22-9-6-15-33(19-22)27(35)21-8-5-14-32(18-21)25-12-4-11-24-26(25)29(37)34(28(24)36)16-13-20-7-3-10-23(31)17-20/h3-4,7,10-12,17,21-22H,2,5-6,8-9,13-16,18-19H2,1H3. The number of fused-ring (bicyclic) bond motifs is 1. The molecule has 0 spiro atoms. The van der Waals surface area contributed by atoms with E-state index in [0.29, 0.717) is 61.6 Å². The summed E-state index contributed by atoms with van der Waals surface area (Å²) in [6.07, 6.45) is 3.36. The van der Waals surface area contributed by atoms with E-state index >= 15 is 0 Å². The highest BCUT2D eigenvalue weighted by Crippen LogP contribution is 2.35. The predicted octanol–water partition coefficient (Wildman–Crippen LogP) is 3.68. The molecule has 2 unspecified atom stereocenters. The smallest absolute Gasteiger partial charge is 0.310 e. The molecule has 0 saturated carbocycles. The van der Waals surface area contributed by atoms with E-state index in [1.165, 1.54) is 17.0 Å². The van der Waals surface area contributed by atoms with Crippen molar-refractivity contribution < 1.29 is 28.3 Å². The van der Waals surface area contributed by atoms with Gasteiger partial charge in [0.05, 0.1) is 35.3 Å². The van der Waals surface area contributed by atoms with Crippen molar-refractivity contribution in [2.45, 2.75) is 39.0 Å². The Hall–Kier alpha value is -3.75. The van der Waals surface area contributed by atoms with Crippen LogP contribution in [0.3, 0.4) is 0 Å². The van der Waals surface area contributed by atoms with Gasteiger partial charge in [-0.25, -0.2) is 4.39 Å². The number of piperidine rings is 2. The Labute approximate surface area is 227 Å². The number of esters is 1. The van der Waals surface area contributed by atoms with Crippen LogP contribution in [-0.4, -0.2) is 72.8 Å². The molecule has 2 atom stereocenters. The Kier molecular flexibility index (Phi) is 7.95. The zero-order valence-corrected chi connectivity index (χ0v) is 22.2. The summed E-state index contributed by atoms with van der Waals surface area (Å²) in [5.74, 6) is -1.83. The predicted molar refractivity (Wildman–Crippen MR) is 143 cm³/mol. The normalized spacial score (nSPS) is 21.2. The van der Waals surface area contributed by atoms with Gasteiger partial charge in [-0.3, -0.25) is 24.1 Å². The first-order valence-electron chi connectivity index (χ1n) is 13.8. The number of rotatable bonds is 7. The number of halogens is 1. The van der Waals surface area contributed by atoms with Crippen molar-refractivity contribution >= 4 is 29.4 Å². The maximum absolute atomic E-state index is 13.6. The van der Waals surface area contributed by atoms with E-state index in [4.69, 9.17) is 4.74 Å². The molecule has 2 fully saturated rings. The molecule has 0 N–H and O–H groups in total. The molecule has 0 aromatic heterocycles. The average Bonchev–Trinajstić information content (AvgIpc) is 3.20. The fraction of sp³-hybridized carbons (Fsp3) is 0.467. The average molecular weight is 536 g/mol. The first kappa shape index (κ1) is 26.8. The molecule has 0 radical (unpaired) electrons. The summed E-state index contributed by atoms with van der Waals surface area (Å²) in [7, 11) is 0. The van der Waals surface area contributed by atoms with Crippen molar-refractivity contribution in [2.75, 3.05) is 44.2 Å². The molecule has 0 aliphatic carbocycles. The summed E-state index contributed by atoms with van der Waals surface area (Å²) in [4.78, 5) is 57.4. The van der Waals surface area contributed by atoms with Crippen LogP contribution in [0.15, 0.2) is 42.5 Å². The quantitative estimate of drug-likeness (QED) is 0.397. The molecule has 3 heterocycles. The highest BCUT2D eigenvalue weighted by atomic mass is 19.1. The van der Waals surface area contributed by atoms with Crippen LogP contribution in [0.2, 0.25) is 0 Å². The molecule has 8 nitrogen and oxygen atoms in total. The minimum absolute atomic E-state index is 0.0281. The SMILES string of the molecule is CCOC(=O)C1CCCN(C(=O)C2CCCN(c3cccc4c3C(=O)N(CCc3cccc(F)c3)C4=O)C2)C1. The van der Waals surface area contributed by atoms with Gasteiger partial charge < -0.3 is 14.5 Å². The lowest BCUT2D eigenvalue weighted by molar-refractivity contribution is -0.152. The van der Waals surface area contributed by atoms with Gasteiger partial charge in [0, 0.05) is 32.7 Å². The highest BCUT2D eigenvalue weighted by Gasteiger charge is 2.40. The van der Waals surface area contributed by atoms with Crippen molar-refractivity contribution in [3.63, 3.8) is 0 Å². The number of likely N-dealkylation sites (tertiary alicyclic amines) is 1. The molecule has 2 saturated heterocycles. The molecular weight excluding hydrogens is 501 g/mol. The number of hydrogen-bond donors (Lipinski definition) is 0. The van der Waals surface area contributed by atoms with Crippen molar-refractivity contribution in [3.8, 4) is 0 Å². The molecule has 206 valence electrons. The molecule has 2 aromatic rings. The highest BCUT2D eigenvalue weighted by molar-refractivity contribution is 6.23. The molecule has 3 aliphatic rings. The number of benzene rings is 2. The van der Waals surface area contributed by atoms with E-state index in [-0.39, 0.29) is 47.9 Å². The lowest BCUT2D eigenvalue weighted by Gasteiger charge is -2.39. The Morgan fingerprint density at radius 1 is 0.974 bits per heavy atom. The maximum Gasteiger partial charge on any atom is 0.310 e. The summed E-state index contributed by atoms with van der Waals surface area (Å²) in [6, 6.07) is 11.4. The monoisotopic (exact) mass is 535 g/mol. The number of carbonyl (C=O) groups excluding carboxylic acids is 4. The second kappa shape index (κ2) is 11.6. The Bertz CT molecular complexity index is 1280. The fourth-order valence-electron chi connectivity index (χ4n) is 6.00. The lowest BCUT2D eigenvalue weighted by Crippen LogP contribution is -2.49. The van der Waals surface area contributed by atoms with Crippen molar-refractivity contribution in [1.29, 1.82) is 0 Å². The maximum atomic E-state index is 13.6. The van der Waals surface area contributed by atoms with Gasteiger partial charge in [0.25, 0.3) is 11.8 Å². The van der Waals surface area contributed by atoms with E-state index < -0.39 is 0 Å². The van der Waals surface area contributed by atoms with Crippen LogP contribution >= 0.6 is 0 Å². The first-order chi connectivity index (χ1) is 18.9. The lowest BCUT2D eigenvalue weighted by atomic mass is 9.92. The number of anilines is 1. The second-order valence-electron chi connectivity index (χ2n) is 10.5. The van der Waals surface area contributed by atoms with Crippen LogP contribution in [-0.2, 0) is 20.7 Å². The number of ether oxygens (including phenoxy) is 1. The largest absolute Gasteiger partial charge is 0.466 e. The van der Waals surface area contributed by atoms with Gasteiger partial charge in [0.2, 0.25) is 5.91 Å². The zero-order valence-electron chi connectivity index (χ0n) is 22.2. The minimum Gasteiger partial charge on any atom is -0.466 e. The molecule has 2 aromatic carbocycles. The van der Waals surface area contributed by atoms with Gasteiger partial charge in [0.15, 0.2) is 0 Å². The summed E-state index contributed by atoms with van der Waals surface area (Å²) in [5.41, 5.74) is 2.11. The van der Waals surface area contributed by atoms with Gasteiger partial charge in [-0.05, 0) is 68.9 Å². The van der Waals surface area contributed by atoms with E-state index in [1.807, 2.05) is 11.0 Å². The van der Waals surface area contributed by atoms with Crippen molar-refractivity contribution in [3.05, 3.63) is 65.0 Å².